The lowest BCUT2D eigenvalue weighted by Crippen LogP contribution is -2.31. The zero-order chi connectivity index (χ0) is 10.7. The van der Waals surface area contributed by atoms with Gasteiger partial charge in [-0.1, -0.05) is 39.0 Å². The summed E-state index contributed by atoms with van der Waals surface area (Å²) >= 11 is 0. The van der Waals surface area contributed by atoms with Gasteiger partial charge in [0.2, 0.25) is 0 Å². The molecule has 0 amide bonds. The third-order valence-corrected chi connectivity index (χ3v) is 4.78. The minimum Gasteiger partial charge on any atom is -0.393 e. The van der Waals surface area contributed by atoms with E-state index in [-0.39, 0.29) is 6.10 Å². The zero-order valence-corrected chi connectivity index (χ0v) is 10.1. The van der Waals surface area contributed by atoms with Gasteiger partial charge < -0.3 is 5.11 Å². The molecule has 0 spiro atoms. The molecular formula is C14H26O. The van der Waals surface area contributed by atoms with E-state index in [4.69, 9.17) is 0 Å². The van der Waals surface area contributed by atoms with Gasteiger partial charge in [-0.15, -0.1) is 0 Å². The first kappa shape index (κ1) is 11.4. The molecule has 0 aromatic rings. The number of aliphatic hydroxyl groups is 1. The average Bonchev–Trinajstić information content (AvgIpc) is 2.29. The number of hydrogen-bond acceptors (Lipinski definition) is 1. The molecule has 2 saturated carbocycles. The Morgan fingerprint density at radius 3 is 2.53 bits per heavy atom. The lowest BCUT2D eigenvalue weighted by Gasteiger charge is -2.40. The van der Waals surface area contributed by atoms with Crippen LogP contribution in [0.15, 0.2) is 0 Å². The largest absolute Gasteiger partial charge is 0.393 e. The van der Waals surface area contributed by atoms with E-state index in [1.54, 1.807) is 0 Å². The highest BCUT2D eigenvalue weighted by molar-refractivity contribution is 4.84. The molecule has 1 heteroatoms. The Kier molecular flexibility index (Phi) is 4.07. The normalized spacial score (nSPS) is 42.8. The van der Waals surface area contributed by atoms with Gasteiger partial charge >= 0.3 is 0 Å². The first-order valence-corrected chi connectivity index (χ1v) is 6.99. The Hall–Kier alpha value is -0.0400. The minimum atomic E-state index is 0.0168. The van der Waals surface area contributed by atoms with Crippen LogP contribution in [0.3, 0.4) is 0 Å². The SMILES string of the molecule is CCC1CCCCC1C1CCCC(O)C1. The van der Waals surface area contributed by atoms with Crippen molar-refractivity contribution in [3.63, 3.8) is 0 Å². The molecular weight excluding hydrogens is 184 g/mol. The fourth-order valence-electron chi connectivity index (χ4n) is 3.95. The monoisotopic (exact) mass is 210 g/mol. The summed E-state index contributed by atoms with van der Waals surface area (Å²) in [5.74, 6) is 2.76. The fraction of sp³-hybridized carbons (Fsp3) is 1.00. The second kappa shape index (κ2) is 5.34. The highest BCUT2D eigenvalue weighted by Crippen LogP contribution is 2.42. The summed E-state index contributed by atoms with van der Waals surface area (Å²) in [5, 5.41) is 9.77. The highest BCUT2D eigenvalue weighted by Gasteiger charge is 2.33. The fourth-order valence-corrected chi connectivity index (χ4v) is 3.95. The van der Waals surface area contributed by atoms with Crippen molar-refractivity contribution in [2.75, 3.05) is 0 Å². The maximum absolute atomic E-state index is 9.77. The van der Waals surface area contributed by atoms with Gasteiger partial charge in [0.1, 0.15) is 0 Å². The third-order valence-electron chi connectivity index (χ3n) is 4.78. The molecule has 1 nitrogen and oxygen atoms in total. The second-order valence-corrected chi connectivity index (χ2v) is 5.70. The first-order chi connectivity index (χ1) is 7.31. The molecule has 0 radical (unpaired) electrons. The van der Waals surface area contributed by atoms with E-state index in [1.165, 1.54) is 44.9 Å². The van der Waals surface area contributed by atoms with Crippen LogP contribution in [0.2, 0.25) is 0 Å². The number of aliphatic hydroxyl groups excluding tert-OH is 1. The Morgan fingerprint density at radius 2 is 1.80 bits per heavy atom. The molecule has 0 saturated heterocycles. The van der Waals surface area contributed by atoms with Gasteiger partial charge in [-0.3, -0.25) is 0 Å². The van der Waals surface area contributed by atoms with Crippen molar-refractivity contribution < 1.29 is 5.11 Å². The van der Waals surface area contributed by atoms with Gasteiger partial charge in [-0.05, 0) is 43.4 Å². The zero-order valence-electron chi connectivity index (χ0n) is 10.1. The lowest BCUT2D eigenvalue weighted by atomic mass is 9.67. The summed E-state index contributed by atoms with van der Waals surface area (Å²) in [7, 11) is 0. The molecule has 2 rings (SSSR count). The Bertz CT molecular complexity index is 190. The Balaban J connectivity index is 1.94. The van der Waals surface area contributed by atoms with E-state index >= 15 is 0 Å². The van der Waals surface area contributed by atoms with Gasteiger partial charge in [-0.25, -0.2) is 0 Å². The molecule has 2 fully saturated rings. The van der Waals surface area contributed by atoms with E-state index < -0.39 is 0 Å². The molecule has 4 unspecified atom stereocenters. The Labute approximate surface area is 94.3 Å². The van der Waals surface area contributed by atoms with Gasteiger partial charge in [0.25, 0.3) is 0 Å². The Morgan fingerprint density at radius 1 is 1.00 bits per heavy atom. The van der Waals surface area contributed by atoms with Crippen LogP contribution in [-0.4, -0.2) is 11.2 Å². The molecule has 0 aromatic heterocycles. The summed E-state index contributed by atoms with van der Waals surface area (Å²) in [6, 6.07) is 0. The molecule has 2 aliphatic carbocycles. The summed E-state index contributed by atoms with van der Waals surface area (Å²) in [4.78, 5) is 0. The molecule has 15 heavy (non-hydrogen) atoms. The molecule has 88 valence electrons. The maximum atomic E-state index is 9.77. The predicted octanol–water partition coefficient (Wildman–Crippen LogP) is 3.75. The highest BCUT2D eigenvalue weighted by atomic mass is 16.3. The van der Waals surface area contributed by atoms with E-state index in [0.29, 0.717) is 0 Å². The van der Waals surface area contributed by atoms with Crippen molar-refractivity contribution in [1.29, 1.82) is 0 Å². The lowest BCUT2D eigenvalue weighted by molar-refractivity contribution is 0.0486. The van der Waals surface area contributed by atoms with Gasteiger partial charge in [-0.2, -0.15) is 0 Å². The summed E-state index contributed by atoms with van der Waals surface area (Å²) in [6.45, 7) is 2.35. The van der Waals surface area contributed by atoms with Crippen molar-refractivity contribution in [1.82, 2.24) is 0 Å². The van der Waals surface area contributed by atoms with Crippen LogP contribution in [0.1, 0.15) is 64.7 Å². The summed E-state index contributed by atoms with van der Waals surface area (Å²) in [5.41, 5.74) is 0. The van der Waals surface area contributed by atoms with E-state index in [1.807, 2.05) is 0 Å². The molecule has 0 bridgehead atoms. The van der Waals surface area contributed by atoms with Crippen LogP contribution in [0.25, 0.3) is 0 Å². The molecule has 0 aromatic carbocycles. The van der Waals surface area contributed by atoms with Crippen LogP contribution in [0.4, 0.5) is 0 Å². The quantitative estimate of drug-likeness (QED) is 0.736. The predicted molar refractivity (Wildman–Crippen MR) is 63.7 cm³/mol. The standard InChI is InChI=1S/C14H26O/c1-2-11-6-3-4-9-14(11)12-7-5-8-13(15)10-12/h11-15H,2-10H2,1H3. The molecule has 2 aliphatic rings. The third kappa shape index (κ3) is 2.75. The van der Waals surface area contributed by atoms with Crippen molar-refractivity contribution in [3.8, 4) is 0 Å². The topological polar surface area (TPSA) is 20.2 Å². The summed E-state index contributed by atoms with van der Waals surface area (Å²) < 4.78 is 0. The van der Waals surface area contributed by atoms with E-state index in [9.17, 15) is 5.11 Å². The number of rotatable bonds is 2. The maximum Gasteiger partial charge on any atom is 0.0543 e. The molecule has 1 N–H and O–H groups in total. The molecule has 4 atom stereocenters. The average molecular weight is 210 g/mol. The van der Waals surface area contributed by atoms with Crippen LogP contribution in [0, 0.1) is 17.8 Å². The van der Waals surface area contributed by atoms with Gasteiger partial charge in [0, 0.05) is 0 Å². The van der Waals surface area contributed by atoms with Crippen LogP contribution >= 0.6 is 0 Å². The van der Waals surface area contributed by atoms with Gasteiger partial charge in [0.05, 0.1) is 6.10 Å². The van der Waals surface area contributed by atoms with Gasteiger partial charge in [0.15, 0.2) is 0 Å². The van der Waals surface area contributed by atoms with Crippen molar-refractivity contribution in [2.24, 2.45) is 17.8 Å². The second-order valence-electron chi connectivity index (χ2n) is 5.70. The first-order valence-electron chi connectivity index (χ1n) is 6.99. The van der Waals surface area contributed by atoms with Crippen molar-refractivity contribution in [3.05, 3.63) is 0 Å². The van der Waals surface area contributed by atoms with Crippen molar-refractivity contribution in [2.45, 2.75) is 70.8 Å². The summed E-state index contributed by atoms with van der Waals surface area (Å²) in [6.07, 6.45) is 12.0. The van der Waals surface area contributed by atoms with Crippen LogP contribution in [-0.2, 0) is 0 Å². The molecule has 0 heterocycles. The van der Waals surface area contributed by atoms with Crippen molar-refractivity contribution >= 4 is 0 Å². The van der Waals surface area contributed by atoms with Crippen LogP contribution in [0.5, 0.6) is 0 Å². The van der Waals surface area contributed by atoms with Crippen LogP contribution < -0.4 is 0 Å². The number of hydrogen-bond donors (Lipinski definition) is 1. The molecule has 0 aliphatic heterocycles. The van der Waals surface area contributed by atoms with E-state index in [0.717, 1.165) is 30.6 Å². The minimum absolute atomic E-state index is 0.0168. The van der Waals surface area contributed by atoms with E-state index in [2.05, 4.69) is 6.92 Å². The smallest absolute Gasteiger partial charge is 0.0543 e.